The molecule has 0 saturated carbocycles. The van der Waals surface area contributed by atoms with Crippen LogP contribution in [-0.2, 0) is 14.3 Å². The molecule has 2 amide bonds. The fourth-order valence-electron chi connectivity index (χ4n) is 3.20. The van der Waals surface area contributed by atoms with E-state index in [0.29, 0.717) is 0 Å². The number of amides is 2. The van der Waals surface area contributed by atoms with Gasteiger partial charge >= 0.3 is 18.0 Å². The Bertz CT molecular complexity index is 1030. The van der Waals surface area contributed by atoms with E-state index in [1.807, 2.05) is 54.5 Å². The molecule has 0 saturated heterocycles. The van der Waals surface area contributed by atoms with E-state index in [1.54, 1.807) is 5.32 Å². The predicted molar refractivity (Wildman–Crippen MR) is 106 cm³/mol. The third-order valence-electron chi connectivity index (χ3n) is 4.65. The van der Waals surface area contributed by atoms with Crippen molar-refractivity contribution in [1.29, 1.82) is 0 Å². The van der Waals surface area contributed by atoms with Crippen molar-refractivity contribution < 1.29 is 33.0 Å². The molecule has 0 aromatic heterocycles. The molecule has 0 unspecified atom stereocenters. The van der Waals surface area contributed by atoms with Gasteiger partial charge in [0.15, 0.2) is 0 Å². The third-order valence-corrected chi connectivity index (χ3v) is 4.65. The first kappa shape index (κ1) is 21.8. The molecule has 7 nitrogen and oxygen atoms in total. The molecule has 3 N–H and O–H groups in total. The number of nitrogens with one attached hydrogen (secondary N) is 2. The number of aliphatic carboxylic acids is 1. The summed E-state index contributed by atoms with van der Waals surface area (Å²) in [5.74, 6) is -3.38. The zero-order chi connectivity index (χ0) is 22.4. The molecule has 0 fully saturated rings. The first-order valence-corrected chi connectivity index (χ1v) is 9.26. The van der Waals surface area contributed by atoms with E-state index in [0.717, 1.165) is 22.3 Å². The van der Waals surface area contributed by atoms with Crippen molar-refractivity contribution in [2.24, 2.45) is 0 Å². The summed E-state index contributed by atoms with van der Waals surface area (Å²) in [4.78, 5) is 33.5. The van der Waals surface area contributed by atoms with Crippen LogP contribution < -0.4 is 10.6 Å². The number of hydrogen-bond acceptors (Lipinski definition) is 4. The maximum Gasteiger partial charge on any atom is 0.407 e. The summed E-state index contributed by atoms with van der Waals surface area (Å²) in [5.41, 5.74) is 4.31. The molecule has 31 heavy (non-hydrogen) atoms. The van der Waals surface area contributed by atoms with Gasteiger partial charge in [-0.3, -0.25) is 4.79 Å². The summed E-state index contributed by atoms with van der Waals surface area (Å²) in [6, 6.07) is 15.7. The SMILES string of the molecule is O=C(C#CCNC(=O)OCC1c2ccccc2-c2ccccc21)NCC(F)(F)C(=O)O. The predicted octanol–water partition coefficient (Wildman–Crippen LogP) is 2.36. The average Bonchev–Trinajstić information content (AvgIpc) is 3.07. The van der Waals surface area contributed by atoms with Gasteiger partial charge in [-0.05, 0) is 28.2 Å². The number of carbonyl (C=O) groups excluding carboxylic acids is 2. The number of halogens is 2. The Kier molecular flexibility index (Phi) is 6.50. The van der Waals surface area contributed by atoms with Crippen molar-refractivity contribution in [1.82, 2.24) is 10.6 Å². The minimum absolute atomic E-state index is 0.106. The standard InChI is InChI=1S/C22H18F2N2O5/c23-22(24,20(28)29)13-26-19(27)10-5-11-25-21(30)31-12-18-16-8-3-1-6-14(16)15-7-2-4-9-17(15)18/h1-4,6-9,18H,11-13H2,(H,25,30)(H,26,27)(H,28,29). The highest BCUT2D eigenvalue weighted by atomic mass is 19.3. The number of fused-ring (bicyclic) bond motifs is 3. The van der Waals surface area contributed by atoms with Crippen LogP contribution in [0.5, 0.6) is 0 Å². The number of carboxylic acid groups (broad SMARTS) is 1. The van der Waals surface area contributed by atoms with Gasteiger partial charge in [-0.25, -0.2) is 9.59 Å². The largest absolute Gasteiger partial charge is 0.477 e. The van der Waals surface area contributed by atoms with Crippen LogP contribution in [0.3, 0.4) is 0 Å². The van der Waals surface area contributed by atoms with Crippen molar-refractivity contribution in [3.05, 3.63) is 59.7 Å². The number of rotatable bonds is 6. The lowest BCUT2D eigenvalue weighted by Crippen LogP contribution is -2.41. The zero-order valence-corrected chi connectivity index (χ0v) is 16.2. The monoisotopic (exact) mass is 428 g/mol. The highest BCUT2D eigenvalue weighted by Gasteiger charge is 2.38. The van der Waals surface area contributed by atoms with Crippen molar-refractivity contribution in [3.63, 3.8) is 0 Å². The Morgan fingerprint density at radius 3 is 2.16 bits per heavy atom. The summed E-state index contributed by atoms with van der Waals surface area (Å²) in [6.07, 6.45) is -0.742. The van der Waals surface area contributed by atoms with Crippen molar-refractivity contribution in [2.75, 3.05) is 19.7 Å². The van der Waals surface area contributed by atoms with E-state index in [-0.39, 0.29) is 19.1 Å². The van der Waals surface area contributed by atoms with E-state index in [4.69, 9.17) is 9.84 Å². The summed E-state index contributed by atoms with van der Waals surface area (Å²) in [6.45, 7) is -1.52. The van der Waals surface area contributed by atoms with Gasteiger partial charge in [-0.15, -0.1) is 0 Å². The molecule has 0 aliphatic heterocycles. The molecule has 0 radical (unpaired) electrons. The highest BCUT2D eigenvalue weighted by molar-refractivity contribution is 5.94. The number of benzene rings is 2. The minimum atomic E-state index is -4.09. The van der Waals surface area contributed by atoms with Crippen molar-refractivity contribution in [3.8, 4) is 23.0 Å². The molecule has 1 aliphatic rings. The maximum absolute atomic E-state index is 12.9. The lowest BCUT2D eigenvalue weighted by Gasteiger charge is -2.14. The fraction of sp³-hybridized carbons (Fsp3) is 0.227. The summed E-state index contributed by atoms with van der Waals surface area (Å²) < 4.78 is 31.0. The van der Waals surface area contributed by atoms with E-state index >= 15 is 0 Å². The first-order valence-electron chi connectivity index (χ1n) is 9.26. The van der Waals surface area contributed by atoms with Gasteiger partial charge in [0, 0.05) is 5.92 Å². The van der Waals surface area contributed by atoms with Crippen LogP contribution in [0.25, 0.3) is 11.1 Å². The van der Waals surface area contributed by atoms with E-state index in [9.17, 15) is 23.2 Å². The molecule has 160 valence electrons. The quantitative estimate of drug-likeness (QED) is 0.613. The summed E-state index contributed by atoms with van der Waals surface area (Å²) >= 11 is 0. The topological polar surface area (TPSA) is 105 Å². The minimum Gasteiger partial charge on any atom is -0.477 e. The van der Waals surface area contributed by atoms with Crippen LogP contribution in [0.15, 0.2) is 48.5 Å². The lowest BCUT2D eigenvalue weighted by atomic mass is 9.98. The Balaban J connectivity index is 1.47. The van der Waals surface area contributed by atoms with Crippen LogP contribution in [0.1, 0.15) is 17.0 Å². The van der Waals surface area contributed by atoms with Crippen LogP contribution >= 0.6 is 0 Å². The Labute approximate surface area is 176 Å². The average molecular weight is 428 g/mol. The third kappa shape index (κ3) is 5.17. The van der Waals surface area contributed by atoms with E-state index in [1.165, 1.54) is 0 Å². The molecular formula is C22H18F2N2O5. The number of hydrogen-bond donors (Lipinski definition) is 3. The first-order chi connectivity index (χ1) is 14.8. The second-order valence-electron chi connectivity index (χ2n) is 6.67. The van der Waals surface area contributed by atoms with Crippen LogP contribution in [0.4, 0.5) is 13.6 Å². The molecule has 0 heterocycles. The molecule has 2 aromatic carbocycles. The summed E-state index contributed by atoms with van der Waals surface area (Å²) in [5, 5.41) is 12.3. The Hall–Kier alpha value is -3.93. The summed E-state index contributed by atoms with van der Waals surface area (Å²) in [7, 11) is 0. The van der Waals surface area contributed by atoms with Gasteiger partial charge in [-0.1, -0.05) is 54.5 Å². The molecule has 2 aromatic rings. The van der Waals surface area contributed by atoms with Crippen LogP contribution in [0, 0.1) is 11.8 Å². The molecule has 0 spiro atoms. The molecule has 0 atom stereocenters. The van der Waals surface area contributed by atoms with Crippen LogP contribution in [-0.4, -0.2) is 48.7 Å². The Morgan fingerprint density at radius 2 is 1.58 bits per heavy atom. The maximum atomic E-state index is 12.9. The van der Waals surface area contributed by atoms with Gasteiger partial charge in [0.1, 0.15) is 6.61 Å². The van der Waals surface area contributed by atoms with E-state index < -0.39 is 30.4 Å². The number of alkyl carbamates (subject to hydrolysis) is 1. The lowest BCUT2D eigenvalue weighted by molar-refractivity contribution is -0.164. The molecule has 1 aliphatic carbocycles. The Morgan fingerprint density at radius 1 is 1.00 bits per heavy atom. The highest BCUT2D eigenvalue weighted by Crippen LogP contribution is 2.44. The second kappa shape index (κ2) is 9.26. The van der Waals surface area contributed by atoms with Crippen LogP contribution in [0.2, 0.25) is 0 Å². The smallest absolute Gasteiger partial charge is 0.407 e. The number of alkyl halides is 2. The van der Waals surface area contributed by atoms with Gasteiger partial charge in [0.25, 0.3) is 5.91 Å². The molecule has 0 bridgehead atoms. The van der Waals surface area contributed by atoms with Gasteiger partial charge in [0.05, 0.1) is 13.1 Å². The second-order valence-corrected chi connectivity index (χ2v) is 6.67. The van der Waals surface area contributed by atoms with Gasteiger partial charge < -0.3 is 20.5 Å². The zero-order valence-electron chi connectivity index (χ0n) is 16.2. The molecular weight excluding hydrogens is 410 g/mol. The van der Waals surface area contributed by atoms with Crippen molar-refractivity contribution in [2.45, 2.75) is 11.8 Å². The molecule has 3 rings (SSSR count). The molecule has 9 heteroatoms. The number of ether oxygens (including phenoxy) is 1. The van der Waals surface area contributed by atoms with E-state index in [2.05, 4.69) is 11.2 Å². The van der Waals surface area contributed by atoms with Crippen molar-refractivity contribution >= 4 is 18.0 Å². The fourth-order valence-corrected chi connectivity index (χ4v) is 3.20. The normalized spacial score (nSPS) is 12.1. The van der Waals surface area contributed by atoms with Gasteiger partial charge in [0.2, 0.25) is 0 Å². The number of carbonyl (C=O) groups is 3. The van der Waals surface area contributed by atoms with Gasteiger partial charge in [-0.2, -0.15) is 8.78 Å². The number of carboxylic acids is 1.